The van der Waals surface area contributed by atoms with Gasteiger partial charge in [-0.05, 0) is 30.9 Å². The van der Waals surface area contributed by atoms with Crippen molar-refractivity contribution in [3.63, 3.8) is 0 Å². The summed E-state index contributed by atoms with van der Waals surface area (Å²) in [5, 5.41) is 5.32. The molecule has 1 aromatic carbocycles. The molecule has 1 aliphatic rings. The highest BCUT2D eigenvalue weighted by Gasteiger charge is 2.23. The third-order valence-electron chi connectivity index (χ3n) is 4.16. The summed E-state index contributed by atoms with van der Waals surface area (Å²) in [6.45, 7) is 1.23. The largest absolute Gasteiger partial charge is 0.359 e. The number of fused-ring (bicyclic) bond motifs is 1. The van der Waals surface area contributed by atoms with Crippen molar-refractivity contribution in [3.8, 4) is 0 Å². The van der Waals surface area contributed by atoms with E-state index < -0.39 is 0 Å². The van der Waals surface area contributed by atoms with Crippen LogP contribution in [0.2, 0.25) is 0 Å². The lowest BCUT2D eigenvalue weighted by Crippen LogP contribution is -2.30. The predicted molar refractivity (Wildman–Crippen MR) is 92.7 cm³/mol. The number of para-hydroxylation sites is 1. The summed E-state index contributed by atoms with van der Waals surface area (Å²) in [6, 6.07) is 7.98. The Labute approximate surface area is 142 Å². The van der Waals surface area contributed by atoms with Gasteiger partial charge >= 0.3 is 0 Å². The number of carbonyl (C=O) groups excluding carboxylic acids is 3. The molecular formula is C18H25N3O3. The molecule has 0 atom stereocenters. The number of nitrogens with zero attached hydrogens (tertiary/aromatic N) is 1. The van der Waals surface area contributed by atoms with Gasteiger partial charge in [-0.1, -0.05) is 18.2 Å². The Balaban J connectivity index is 1.62. The van der Waals surface area contributed by atoms with Gasteiger partial charge in [0.05, 0.1) is 0 Å². The molecule has 2 N–H and O–H groups in total. The Morgan fingerprint density at radius 3 is 2.58 bits per heavy atom. The Bertz CT molecular complexity index is 601. The zero-order chi connectivity index (χ0) is 17.4. The van der Waals surface area contributed by atoms with Crippen molar-refractivity contribution in [1.82, 2.24) is 10.6 Å². The molecule has 0 unspecified atom stereocenters. The second-order valence-electron chi connectivity index (χ2n) is 5.90. The molecule has 0 aromatic heterocycles. The first-order valence-corrected chi connectivity index (χ1v) is 8.47. The van der Waals surface area contributed by atoms with Crippen molar-refractivity contribution in [2.45, 2.75) is 38.5 Å². The summed E-state index contributed by atoms with van der Waals surface area (Å²) in [7, 11) is 1.58. The number of benzene rings is 1. The van der Waals surface area contributed by atoms with E-state index in [1.165, 1.54) is 5.56 Å². The van der Waals surface area contributed by atoms with Crippen LogP contribution in [-0.4, -0.2) is 37.9 Å². The minimum Gasteiger partial charge on any atom is -0.359 e. The fourth-order valence-corrected chi connectivity index (χ4v) is 2.82. The maximum atomic E-state index is 12.3. The topological polar surface area (TPSA) is 78.5 Å². The summed E-state index contributed by atoms with van der Waals surface area (Å²) >= 11 is 0. The number of hydrogen-bond donors (Lipinski definition) is 2. The van der Waals surface area contributed by atoms with Crippen molar-refractivity contribution in [1.29, 1.82) is 0 Å². The molecule has 0 saturated carbocycles. The normalized spacial score (nSPS) is 12.6. The quantitative estimate of drug-likeness (QED) is 0.707. The number of anilines is 1. The standard InChI is InChI=1S/C18H25N3O3/c1-19-16(22)8-4-9-17(23)20-12-5-10-18(24)21-13-11-14-6-2-3-7-15(14)21/h2-3,6-7H,4-5,8-13H2,1H3,(H,19,22)(H,20,23). The van der Waals surface area contributed by atoms with E-state index in [0.717, 1.165) is 18.7 Å². The van der Waals surface area contributed by atoms with Crippen molar-refractivity contribution in [2.75, 3.05) is 25.0 Å². The molecule has 0 saturated heterocycles. The van der Waals surface area contributed by atoms with Crippen molar-refractivity contribution < 1.29 is 14.4 Å². The monoisotopic (exact) mass is 331 g/mol. The lowest BCUT2D eigenvalue weighted by atomic mass is 10.2. The molecule has 1 aromatic rings. The van der Waals surface area contributed by atoms with Gasteiger partial charge in [0.15, 0.2) is 0 Å². The fourth-order valence-electron chi connectivity index (χ4n) is 2.82. The molecular weight excluding hydrogens is 306 g/mol. The Morgan fingerprint density at radius 1 is 1.04 bits per heavy atom. The van der Waals surface area contributed by atoms with Crippen molar-refractivity contribution in [2.24, 2.45) is 0 Å². The first-order chi connectivity index (χ1) is 11.6. The van der Waals surface area contributed by atoms with Gasteiger partial charge in [-0.2, -0.15) is 0 Å². The van der Waals surface area contributed by atoms with E-state index in [-0.39, 0.29) is 17.7 Å². The number of hydrogen-bond acceptors (Lipinski definition) is 3. The summed E-state index contributed by atoms with van der Waals surface area (Å²) in [5.74, 6) is -0.0222. The second-order valence-corrected chi connectivity index (χ2v) is 5.90. The van der Waals surface area contributed by atoms with Gasteiger partial charge in [-0.3, -0.25) is 14.4 Å². The molecule has 0 bridgehead atoms. The van der Waals surface area contributed by atoms with Crippen LogP contribution < -0.4 is 15.5 Å². The van der Waals surface area contributed by atoms with Crippen LogP contribution in [0.4, 0.5) is 5.69 Å². The lowest BCUT2D eigenvalue weighted by Gasteiger charge is -2.17. The molecule has 130 valence electrons. The zero-order valence-corrected chi connectivity index (χ0v) is 14.1. The van der Waals surface area contributed by atoms with E-state index >= 15 is 0 Å². The molecule has 2 rings (SSSR count). The van der Waals surface area contributed by atoms with E-state index in [2.05, 4.69) is 16.7 Å². The number of carbonyl (C=O) groups is 3. The summed E-state index contributed by atoms with van der Waals surface area (Å²) in [6.07, 6.45) is 3.18. The molecule has 0 fully saturated rings. The molecule has 0 radical (unpaired) electrons. The number of rotatable bonds is 8. The van der Waals surface area contributed by atoms with Gasteiger partial charge < -0.3 is 15.5 Å². The molecule has 24 heavy (non-hydrogen) atoms. The number of nitrogens with one attached hydrogen (secondary N) is 2. The highest BCUT2D eigenvalue weighted by Crippen LogP contribution is 2.27. The van der Waals surface area contributed by atoms with E-state index in [1.54, 1.807) is 7.05 Å². The molecule has 3 amide bonds. The number of amides is 3. The third-order valence-corrected chi connectivity index (χ3v) is 4.16. The van der Waals surface area contributed by atoms with Gasteiger partial charge in [0, 0.05) is 45.1 Å². The second kappa shape index (κ2) is 9.05. The Hall–Kier alpha value is -2.37. The van der Waals surface area contributed by atoms with E-state index in [0.29, 0.717) is 38.6 Å². The average molecular weight is 331 g/mol. The van der Waals surface area contributed by atoms with Crippen LogP contribution in [0.15, 0.2) is 24.3 Å². The van der Waals surface area contributed by atoms with Gasteiger partial charge in [-0.25, -0.2) is 0 Å². The zero-order valence-electron chi connectivity index (χ0n) is 14.1. The molecule has 6 nitrogen and oxygen atoms in total. The minimum atomic E-state index is -0.0714. The van der Waals surface area contributed by atoms with Gasteiger partial charge in [0.2, 0.25) is 17.7 Å². The Kier molecular flexibility index (Phi) is 6.78. The van der Waals surface area contributed by atoms with E-state index in [9.17, 15) is 14.4 Å². The van der Waals surface area contributed by atoms with E-state index in [1.807, 2.05) is 23.1 Å². The van der Waals surface area contributed by atoms with Crippen LogP contribution in [0.3, 0.4) is 0 Å². The highest BCUT2D eigenvalue weighted by molar-refractivity contribution is 5.95. The first-order valence-electron chi connectivity index (χ1n) is 8.47. The van der Waals surface area contributed by atoms with Gasteiger partial charge in [0.1, 0.15) is 0 Å². The molecule has 1 aliphatic heterocycles. The van der Waals surface area contributed by atoms with Crippen LogP contribution >= 0.6 is 0 Å². The minimum absolute atomic E-state index is 0.0562. The van der Waals surface area contributed by atoms with Gasteiger partial charge in [-0.15, -0.1) is 0 Å². The SMILES string of the molecule is CNC(=O)CCCC(=O)NCCCC(=O)N1CCc2ccccc21. The van der Waals surface area contributed by atoms with Crippen LogP contribution in [0.25, 0.3) is 0 Å². The third kappa shape index (κ3) is 5.08. The van der Waals surface area contributed by atoms with Crippen LogP contribution in [0.1, 0.15) is 37.7 Å². The average Bonchev–Trinajstić information content (AvgIpc) is 3.02. The first kappa shape index (κ1) is 18.0. The molecule has 1 heterocycles. The van der Waals surface area contributed by atoms with Crippen LogP contribution in [-0.2, 0) is 20.8 Å². The van der Waals surface area contributed by atoms with E-state index in [4.69, 9.17) is 0 Å². The van der Waals surface area contributed by atoms with Gasteiger partial charge in [0.25, 0.3) is 0 Å². The highest BCUT2D eigenvalue weighted by atomic mass is 16.2. The summed E-state index contributed by atoms with van der Waals surface area (Å²) in [5.41, 5.74) is 2.23. The lowest BCUT2D eigenvalue weighted by molar-refractivity contribution is -0.123. The predicted octanol–water partition coefficient (Wildman–Crippen LogP) is 1.39. The molecule has 0 aliphatic carbocycles. The summed E-state index contributed by atoms with van der Waals surface area (Å²) < 4.78 is 0. The maximum Gasteiger partial charge on any atom is 0.227 e. The van der Waals surface area contributed by atoms with Crippen molar-refractivity contribution >= 4 is 23.4 Å². The molecule has 0 spiro atoms. The van der Waals surface area contributed by atoms with Crippen LogP contribution in [0.5, 0.6) is 0 Å². The summed E-state index contributed by atoms with van der Waals surface area (Å²) in [4.78, 5) is 36.8. The fraction of sp³-hybridized carbons (Fsp3) is 0.500. The Morgan fingerprint density at radius 2 is 1.79 bits per heavy atom. The maximum absolute atomic E-state index is 12.3. The van der Waals surface area contributed by atoms with Crippen LogP contribution in [0, 0.1) is 0 Å². The molecule has 6 heteroatoms. The van der Waals surface area contributed by atoms with Crippen molar-refractivity contribution in [3.05, 3.63) is 29.8 Å². The smallest absolute Gasteiger partial charge is 0.227 e.